The summed E-state index contributed by atoms with van der Waals surface area (Å²) in [4.78, 5) is 2.36. The molecule has 0 saturated carbocycles. The third-order valence-corrected chi connectivity index (χ3v) is 7.70. The summed E-state index contributed by atoms with van der Waals surface area (Å²) in [6, 6.07) is 17.4. The lowest BCUT2D eigenvalue weighted by atomic mass is 10.1. The molecule has 33 heavy (non-hydrogen) atoms. The van der Waals surface area contributed by atoms with Gasteiger partial charge in [0.2, 0.25) is 10.0 Å². The third-order valence-electron chi connectivity index (χ3n) is 5.66. The quantitative estimate of drug-likeness (QED) is 0.571. The van der Waals surface area contributed by atoms with Crippen molar-refractivity contribution in [1.29, 1.82) is 0 Å². The van der Waals surface area contributed by atoms with Gasteiger partial charge in [0.25, 0.3) is 0 Å². The summed E-state index contributed by atoms with van der Waals surface area (Å²) >= 11 is 0. The molecule has 0 unspecified atom stereocenters. The highest BCUT2D eigenvalue weighted by atomic mass is 32.2. The number of anilines is 2. The Bertz CT molecular complexity index is 1190. The van der Waals surface area contributed by atoms with Crippen LogP contribution in [0.15, 0.2) is 59.5 Å². The molecule has 0 bridgehead atoms. The molecule has 0 spiro atoms. The van der Waals surface area contributed by atoms with Crippen LogP contribution in [-0.2, 0) is 21.3 Å². The van der Waals surface area contributed by atoms with Gasteiger partial charge in [-0.3, -0.25) is 0 Å². The molecule has 1 saturated heterocycles. The van der Waals surface area contributed by atoms with Crippen LogP contribution in [0.3, 0.4) is 0 Å². The molecular formula is C24H29N5O3S. The molecule has 1 aromatic heterocycles. The number of ether oxygens (including phenoxy) is 1. The maximum Gasteiger partial charge on any atom is 0.243 e. The number of hydrogen-bond acceptors (Lipinski definition) is 7. The second-order valence-corrected chi connectivity index (χ2v) is 10.1. The minimum Gasteiger partial charge on any atom is -0.379 e. The first kappa shape index (κ1) is 23.2. The van der Waals surface area contributed by atoms with Crippen LogP contribution in [0.1, 0.15) is 11.1 Å². The van der Waals surface area contributed by atoms with E-state index >= 15 is 0 Å². The van der Waals surface area contributed by atoms with E-state index in [4.69, 9.17) is 4.74 Å². The van der Waals surface area contributed by atoms with Crippen molar-refractivity contribution in [2.45, 2.75) is 18.4 Å². The first-order valence-corrected chi connectivity index (χ1v) is 12.3. The van der Waals surface area contributed by atoms with Gasteiger partial charge in [-0.2, -0.15) is 4.31 Å². The van der Waals surface area contributed by atoms with Gasteiger partial charge in [-0.25, -0.2) is 8.42 Å². The van der Waals surface area contributed by atoms with E-state index in [1.807, 2.05) is 38.4 Å². The fourth-order valence-electron chi connectivity index (χ4n) is 3.65. The Morgan fingerprint density at radius 2 is 1.73 bits per heavy atom. The van der Waals surface area contributed by atoms with Gasteiger partial charge in [0.15, 0.2) is 0 Å². The Hall–Kier alpha value is -3.01. The van der Waals surface area contributed by atoms with Crippen molar-refractivity contribution in [1.82, 2.24) is 14.5 Å². The summed E-state index contributed by atoms with van der Waals surface area (Å²) in [6.45, 7) is 4.00. The first-order valence-electron chi connectivity index (χ1n) is 10.9. The number of aryl methyl sites for hydroxylation is 1. The van der Waals surface area contributed by atoms with Crippen molar-refractivity contribution in [3.63, 3.8) is 0 Å². The average molecular weight is 468 g/mol. The van der Waals surface area contributed by atoms with Crippen molar-refractivity contribution in [2.75, 3.05) is 50.6 Å². The highest BCUT2D eigenvalue weighted by Crippen LogP contribution is 2.27. The molecule has 3 aromatic rings. The van der Waals surface area contributed by atoms with Crippen LogP contribution in [0.5, 0.6) is 0 Å². The number of nitrogens with zero attached hydrogens (tertiary/aromatic N) is 4. The molecule has 1 fully saturated rings. The molecule has 2 aromatic carbocycles. The Morgan fingerprint density at radius 1 is 1.00 bits per heavy atom. The maximum atomic E-state index is 13.1. The number of rotatable bonds is 7. The highest BCUT2D eigenvalue weighted by Gasteiger charge is 2.28. The lowest BCUT2D eigenvalue weighted by Gasteiger charge is -2.26. The van der Waals surface area contributed by atoms with E-state index < -0.39 is 10.0 Å². The van der Waals surface area contributed by atoms with Crippen molar-refractivity contribution >= 4 is 21.5 Å². The van der Waals surface area contributed by atoms with Gasteiger partial charge < -0.3 is 15.0 Å². The summed E-state index contributed by atoms with van der Waals surface area (Å²) in [6.07, 6.45) is 0. The molecular weight excluding hydrogens is 438 g/mol. The Morgan fingerprint density at radius 3 is 2.36 bits per heavy atom. The van der Waals surface area contributed by atoms with Crippen LogP contribution in [-0.4, -0.2) is 63.3 Å². The lowest BCUT2D eigenvalue weighted by Crippen LogP contribution is -2.40. The third kappa shape index (κ3) is 5.32. The second-order valence-electron chi connectivity index (χ2n) is 8.21. The smallest absolute Gasteiger partial charge is 0.243 e. The van der Waals surface area contributed by atoms with Gasteiger partial charge >= 0.3 is 0 Å². The zero-order valence-electron chi connectivity index (χ0n) is 19.2. The number of hydrogen-bond donors (Lipinski definition) is 1. The normalized spacial score (nSPS) is 14.8. The zero-order chi connectivity index (χ0) is 23.4. The van der Waals surface area contributed by atoms with E-state index in [0.717, 1.165) is 11.3 Å². The molecule has 0 amide bonds. The van der Waals surface area contributed by atoms with E-state index in [9.17, 15) is 8.42 Å². The summed E-state index contributed by atoms with van der Waals surface area (Å²) in [7, 11) is 0.437. The van der Waals surface area contributed by atoms with Gasteiger partial charge in [-0.1, -0.05) is 24.3 Å². The van der Waals surface area contributed by atoms with Crippen LogP contribution in [0.25, 0.3) is 11.3 Å². The maximum absolute atomic E-state index is 13.1. The van der Waals surface area contributed by atoms with E-state index in [1.165, 1.54) is 4.31 Å². The summed E-state index contributed by atoms with van der Waals surface area (Å²) in [5, 5.41) is 11.9. The molecule has 8 nitrogen and oxygen atoms in total. The van der Waals surface area contributed by atoms with Gasteiger partial charge in [-0.15, -0.1) is 10.2 Å². The summed E-state index contributed by atoms with van der Waals surface area (Å²) < 4.78 is 33.1. The van der Waals surface area contributed by atoms with Crippen LogP contribution in [0.2, 0.25) is 0 Å². The molecule has 9 heteroatoms. The fraction of sp³-hybridized carbons (Fsp3) is 0.333. The molecule has 1 N–H and O–H groups in total. The van der Waals surface area contributed by atoms with Gasteiger partial charge in [-0.05, 0) is 48.4 Å². The van der Waals surface area contributed by atoms with E-state index in [1.54, 1.807) is 13.0 Å². The van der Waals surface area contributed by atoms with Gasteiger partial charge in [0.1, 0.15) is 5.82 Å². The number of benzene rings is 2. The molecule has 1 aliphatic rings. The van der Waals surface area contributed by atoms with Gasteiger partial charge in [0.05, 0.1) is 23.8 Å². The van der Waals surface area contributed by atoms with E-state index in [2.05, 4.69) is 44.7 Å². The van der Waals surface area contributed by atoms with E-state index in [0.29, 0.717) is 60.4 Å². The number of nitrogens with one attached hydrogen (secondary N) is 1. The van der Waals surface area contributed by atoms with Crippen molar-refractivity contribution in [3.8, 4) is 11.3 Å². The van der Waals surface area contributed by atoms with E-state index in [-0.39, 0.29) is 0 Å². The Balaban J connectivity index is 1.48. The summed E-state index contributed by atoms with van der Waals surface area (Å²) in [5.41, 5.74) is 4.33. The average Bonchev–Trinajstić information content (AvgIpc) is 2.84. The first-order chi connectivity index (χ1) is 15.8. The molecule has 4 rings (SSSR count). The van der Waals surface area contributed by atoms with Crippen molar-refractivity contribution in [3.05, 3.63) is 65.7 Å². The minimum absolute atomic E-state index is 0.298. The predicted molar refractivity (Wildman–Crippen MR) is 130 cm³/mol. The van der Waals surface area contributed by atoms with Crippen LogP contribution in [0.4, 0.5) is 11.5 Å². The highest BCUT2D eigenvalue weighted by molar-refractivity contribution is 7.89. The lowest BCUT2D eigenvalue weighted by molar-refractivity contribution is 0.0730. The van der Waals surface area contributed by atoms with Crippen LogP contribution < -0.4 is 10.2 Å². The van der Waals surface area contributed by atoms with Crippen molar-refractivity contribution < 1.29 is 13.2 Å². The monoisotopic (exact) mass is 467 g/mol. The SMILES string of the molecule is Cc1ccc(-c2ccc(NCc3ccc(N(C)C)cc3)nn2)cc1S(=O)(=O)N1CCOCC1. The number of sulfonamides is 1. The molecule has 174 valence electrons. The number of morpholine rings is 1. The van der Waals surface area contributed by atoms with Crippen LogP contribution >= 0.6 is 0 Å². The molecule has 2 heterocycles. The minimum atomic E-state index is -3.59. The molecule has 1 aliphatic heterocycles. The summed E-state index contributed by atoms with van der Waals surface area (Å²) in [5.74, 6) is 0.656. The fourth-order valence-corrected chi connectivity index (χ4v) is 5.31. The zero-order valence-corrected chi connectivity index (χ0v) is 20.0. The topological polar surface area (TPSA) is 87.7 Å². The molecule has 0 aliphatic carbocycles. The largest absolute Gasteiger partial charge is 0.379 e. The molecule has 0 radical (unpaired) electrons. The number of aromatic nitrogens is 2. The standard InChI is InChI=1S/C24H29N5O3S/c1-18-4-7-20(16-23(18)33(30,31)29-12-14-32-15-13-29)22-10-11-24(27-26-22)25-17-19-5-8-21(9-6-19)28(2)3/h4-11,16H,12-15,17H2,1-3H3,(H,25,27). The predicted octanol–water partition coefficient (Wildman–Crippen LogP) is 3.15. The second kappa shape index (κ2) is 9.86. The Kier molecular flexibility index (Phi) is 6.92. The van der Waals surface area contributed by atoms with Gasteiger partial charge in [0, 0.05) is 45.0 Å². The van der Waals surface area contributed by atoms with Crippen molar-refractivity contribution in [2.24, 2.45) is 0 Å². The Labute approximate surface area is 195 Å². The van der Waals surface area contributed by atoms with Crippen LogP contribution in [0, 0.1) is 6.92 Å². The molecule has 0 atom stereocenters.